The van der Waals surface area contributed by atoms with E-state index in [0.717, 1.165) is 16.7 Å². The van der Waals surface area contributed by atoms with Crippen molar-refractivity contribution < 1.29 is 22.7 Å². The average molecular weight is 432 g/mol. The van der Waals surface area contributed by atoms with Gasteiger partial charge in [0.2, 0.25) is 0 Å². The van der Waals surface area contributed by atoms with Crippen molar-refractivity contribution in [1.29, 1.82) is 0 Å². The minimum Gasteiger partial charge on any atom is -0.495 e. The summed E-state index contributed by atoms with van der Waals surface area (Å²) >= 11 is 12.0. The molecule has 3 aromatic rings. The molecule has 0 atom stereocenters. The van der Waals surface area contributed by atoms with Crippen LogP contribution >= 0.6 is 23.2 Å². The van der Waals surface area contributed by atoms with Crippen molar-refractivity contribution in [2.24, 2.45) is 0 Å². The molecule has 0 aliphatic heterocycles. The molecule has 1 amide bonds. The molecule has 2 heterocycles. The van der Waals surface area contributed by atoms with Crippen LogP contribution in [0.4, 0.5) is 18.9 Å². The Morgan fingerprint density at radius 1 is 1.25 bits per heavy atom. The lowest BCUT2D eigenvalue weighted by molar-refractivity contribution is -0.137. The van der Waals surface area contributed by atoms with Crippen LogP contribution in [0, 0.1) is 0 Å². The number of amides is 1. The maximum Gasteiger partial charge on any atom is 0.417 e. The Kier molecular flexibility index (Phi) is 5.45. The number of halogens is 5. The summed E-state index contributed by atoms with van der Waals surface area (Å²) in [4.78, 5) is 17.1. The van der Waals surface area contributed by atoms with Gasteiger partial charge in [0.15, 0.2) is 5.65 Å². The van der Waals surface area contributed by atoms with Crippen molar-refractivity contribution in [3.05, 3.63) is 57.5 Å². The highest BCUT2D eigenvalue weighted by Gasteiger charge is 2.33. The number of carbonyl (C=O) groups is 1. The Hall–Kier alpha value is -2.45. The number of carbonyl (C=O) groups excluding carboxylic acids is 1. The number of aromatic nitrogens is 2. The number of hydrogen-bond donors (Lipinski definition) is 1. The second-order valence-corrected chi connectivity index (χ2v) is 6.65. The summed E-state index contributed by atoms with van der Waals surface area (Å²) in [5.41, 5.74) is -0.266. The Labute approximate surface area is 168 Å². The standard InChI is InChI=1S/C18H14Cl2F3N3O2/c1-3-13-15(17(27)24-10-4-5-14(28-2)11(19)7-10)26-8-9(18(21,22)23)6-12(20)16(26)25-13/h4-8H,3H2,1-2H3,(H,24,27). The number of methoxy groups -OCH3 is 1. The van der Waals surface area contributed by atoms with Gasteiger partial charge in [-0.15, -0.1) is 0 Å². The number of fused-ring (bicyclic) bond motifs is 1. The van der Waals surface area contributed by atoms with E-state index in [2.05, 4.69) is 10.3 Å². The van der Waals surface area contributed by atoms with Gasteiger partial charge in [0.25, 0.3) is 5.91 Å². The number of anilines is 1. The van der Waals surface area contributed by atoms with E-state index in [1.165, 1.54) is 13.2 Å². The van der Waals surface area contributed by atoms with Crippen LogP contribution in [-0.2, 0) is 12.6 Å². The molecule has 1 N–H and O–H groups in total. The molecule has 0 aliphatic carbocycles. The average Bonchev–Trinajstić information content (AvgIpc) is 3.00. The van der Waals surface area contributed by atoms with E-state index in [0.29, 0.717) is 23.6 Å². The number of nitrogens with one attached hydrogen (secondary N) is 1. The monoisotopic (exact) mass is 431 g/mol. The van der Waals surface area contributed by atoms with Gasteiger partial charge in [0.05, 0.1) is 28.4 Å². The zero-order valence-electron chi connectivity index (χ0n) is 14.7. The van der Waals surface area contributed by atoms with Gasteiger partial charge in [-0.2, -0.15) is 13.2 Å². The second-order valence-electron chi connectivity index (χ2n) is 5.83. The molecule has 5 nitrogen and oxygen atoms in total. The van der Waals surface area contributed by atoms with Crippen LogP contribution < -0.4 is 10.1 Å². The minimum absolute atomic E-state index is 0.0301. The maximum absolute atomic E-state index is 13.2. The fraction of sp³-hybridized carbons (Fsp3) is 0.222. The van der Waals surface area contributed by atoms with E-state index in [9.17, 15) is 18.0 Å². The third-order valence-electron chi connectivity index (χ3n) is 4.03. The highest BCUT2D eigenvalue weighted by molar-refractivity contribution is 6.33. The lowest BCUT2D eigenvalue weighted by Gasteiger charge is -2.11. The van der Waals surface area contributed by atoms with Crippen LogP contribution in [0.15, 0.2) is 30.5 Å². The van der Waals surface area contributed by atoms with E-state index in [-0.39, 0.29) is 21.4 Å². The number of imidazole rings is 1. The van der Waals surface area contributed by atoms with Gasteiger partial charge >= 0.3 is 6.18 Å². The summed E-state index contributed by atoms with van der Waals surface area (Å²) in [5.74, 6) is -0.216. The molecule has 2 aromatic heterocycles. The highest BCUT2D eigenvalue weighted by Crippen LogP contribution is 2.33. The highest BCUT2D eigenvalue weighted by atomic mass is 35.5. The molecular formula is C18H14Cl2F3N3O2. The smallest absolute Gasteiger partial charge is 0.417 e. The zero-order chi connectivity index (χ0) is 20.6. The quantitative estimate of drug-likeness (QED) is 0.594. The molecule has 10 heteroatoms. The molecule has 0 bridgehead atoms. The number of benzene rings is 1. The number of aryl methyl sites for hydroxylation is 1. The van der Waals surface area contributed by atoms with E-state index in [1.807, 2.05) is 0 Å². The summed E-state index contributed by atoms with van der Waals surface area (Å²) in [6.07, 6.45) is -3.49. The van der Waals surface area contributed by atoms with Crippen LogP contribution in [0.3, 0.4) is 0 Å². The Balaban J connectivity index is 2.09. The Morgan fingerprint density at radius 2 is 1.96 bits per heavy atom. The molecular weight excluding hydrogens is 418 g/mol. The summed E-state index contributed by atoms with van der Waals surface area (Å²) in [7, 11) is 1.45. The zero-order valence-corrected chi connectivity index (χ0v) is 16.2. The lowest BCUT2D eigenvalue weighted by Crippen LogP contribution is -2.17. The number of alkyl halides is 3. The fourth-order valence-electron chi connectivity index (χ4n) is 2.73. The first-order chi connectivity index (χ1) is 13.2. The van der Waals surface area contributed by atoms with Gasteiger partial charge in [0.1, 0.15) is 11.4 Å². The van der Waals surface area contributed by atoms with Crippen molar-refractivity contribution in [3.63, 3.8) is 0 Å². The van der Waals surface area contributed by atoms with E-state index in [4.69, 9.17) is 27.9 Å². The molecule has 148 valence electrons. The van der Waals surface area contributed by atoms with Crippen LogP contribution in [0.1, 0.15) is 28.7 Å². The molecule has 0 unspecified atom stereocenters. The number of rotatable bonds is 4. The van der Waals surface area contributed by atoms with Crippen LogP contribution in [0.25, 0.3) is 5.65 Å². The molecule has 28 heavy (non-hydrogen) atoms. The summed E-state index contributed by atoms with van der Waals surface area (Å²) in [5, 5.41) is 2.69. The largest absolute Gasteiger partial charge is 0.495 e. The summed E-state index contributed by atoms with van der Waals surface area (Å²) < 4.78 is 45.6. The first-order valence-corrected chi connectivity index (χ1v) is 8.83. The molecule has 0 radical (unpaired) electrons. The maximum atomic E-state index is 13.2. The SMILES string of the molecule is CCc1nc2c(Cl)cc(C(F)(F)F)cn2c1C(=O)Nc1ccc(OC)c(Cl)c1. The number of ether oxygens (including phenoxy) is 1. The van der Waals surface area contributed by atoms with Gasteiger partial charge < -0.3 is 10.1 Å². The van der Waals surface area contributed by atoms with Crippen molar-refractivity contribution in [1.82, 2.24) is 9.38 Å². The number of hydrogen-bond acceptors (Lipinski definition) is 3. The predicted octanol–water partition coefficient (Wildman–Crippen LogP) is 5.48. The van der Waals surface area contributed by atoms with Gasteiger partial charge in [-0.25, -0.2) is 4.98 Å². The van der Waals surface area contributed by atoms with Crippen molar-refractivity contribution in [2.45, 2.75) is 19.5 Å². The van der Waals surface area contributed by atoms with Crippen molar-refractivity contribution in [2.75, 3.05) is 12.4 Å². The Morgan fingerprint density at radius 3 is 2.54 bits per heavy atom. The van der Waals surface area contributed by atoms with Gasteiger partial charge in [-0.3, -0.25) is 9.20 Å². The molecule has 1 aromatic carbocycles. The molecule has 3 rings (SSSR count). The minimum atomic E-state index is -4.62. The van der Waals surface area contributed by atoms with Gasteiger partial charge in [0, 0.05) is 11.9 Å². The first-order valence-electron chi connectivity index (χ1n) is 8.08. The molecule has 0 saturated carbocycles. The molecule has 0 fully saturated rings. The third kappa shape index (κ3) is 3.74. The molecule has 0 aliphatic rings. The van der Waals surface area contributed by atoms with Gasteiger partial charge in [-0.05, 0) is 30.7 Å². The van der Waals surface area contributed by atoms with E-state index >= 15 is 0 Å². The van der Waals surface area contributed by atoms with Crippen LogP contribution in [0.2, 0.25) is 10.0 Å². The summed E-state index contributed by atoms with van der Waals surface area (Å²) in [6, 6.07) is 5.38. The normalized spacial score (nSPS) is 11.7. The van der Waals surface area contributed by atoms with E-state index in [1.54, 1.807) is 19.1 Å². The Bertz CT molecular complexity index is 1060. The van der Waals surface area contributed by atoms with Crippen LogP contribution in [0.5, 0.6) is 5.75 Å². The van der Waals surface area contributed by atoms with Crippen molar-refractivity contribution in [3.8, 4) is 5.75 Å². The van der Waals surface area contributed by atoms with Crippen molar-refractivity contribution >= 4 is 40.4 Å². The van der Waals surface area contributed by atoms with Gasteiger partial charge in [-0.1, -0.05) is 30.1 Å². The van der Waals surface area contributed by atoms with E-state index < -0.39 is 17.6 Å². The number of pyridine rings is 1. The predicted molar refractivity (Wildman–Crippen MR) is 101 cm³/mol. The molecule has 0 saturated heterocycles. The third-order valence-corrected chi connectivity index (χ3v) is 4.61. The first kappa shape index (κ1) is 20.3. The number of nitrogens with zero attached hydrogens (tertiary/aromatic N) is 2. The fourth-order valence-corrected chi connectivity index (χ4v) is 3.24. The lowest BCUT2D eigenvalue weighted by atomic mass is 10.2. The summed E-state index contributed by atoms with van der Waals surface area (Å²) in [6.45, 7) is 1.74. The molecule has 0 spiro atoms. The topological polar surface area (TPSA) is 55.6 Å². The van der Waals surface area contributed by atoms with Crippen LogP contribution in [-0.4, -0.2) is 22.4 Å². The second kappa shape index (κ2) is 7.52.